The Hall–Kier alpha value is -2.99. The van der Waals surface area contributed by atoms with E-state index in [2.05, 4.69) is 10.3 Å². The van der Waals surface area contributed by atoms with Crippen molar-refractivity contribution in [2.24, 2.45) is 0 Å². The van der Waals surface area contributed by atoms with Gasteiger partial charge in [0.1, 0.15) is 9.71 Å². The lowest BCUT2D eigenvalue weighted by Crippen LogP contribution is -2.37. The van der Waals surface area contributed by atoms with E-state index in [-0.39, 0.29) is 32.9 Å². The second-order valence-corrected chi connectivity index (χ2v) is 8.57. The third-order valence-electron chi connectivity index (χ3n) is 4.65. The Morgan fingerprint density at radius 3 is 2.74 bits per heavy atom. The molecule has 1 N–H and O–H groups in total. The molecule has 31 heavy (non-hydrogen) atoms. The summed E-state index contributed by atoms with van der Waals surface area (Å²) in [5.41, 5.74) is -0.654. The molecule has 0 unspecified atom stereocenters. The van der Waals surface area contributed by atoms with Gasteiger partial charge in [0.25, 0.3) is 5.91 Å². The minimum absolute atomic E-state index is 0.0490. The molecule has 7 nitrogen and oxygen atoms in total. The summed E-state index contributed by atoms with van der Waals surface area (Å²) < 4.78 is 46.3. The molecule has 3 aromatic heterocycles. The Bertz CT molecular complexity index is 1190. The molecule has 162 valence electrons. The van der Waals surface area contributed by atoms with Gasteiger partial charge >= 0.3 is 18.2 Å². The van der Waals surface area contributed by atoms with Gasteiger partial charge < -0.3 is 10.1 Å². The molecule has 3 aromatic rings. The number of alkyl halides is 3. The largest absolute Gasteiger partial charge is 0.451 e. The summed E-state index contributed by atoms with van der Waals surface area (Å²) in [7, 11) is 0. The van der Waals surface area contributed by atoms with Crippen molar-refractivity contribution in [1.82, 2.24) is 15.2 Å². The summed E-state index contributed by atoms with van der Waals surface area (Å²) in [6.07, 6.45) is -4.65. The summed E-state index contributed by atoms with van der Waals surface area (Å²) in [5, 5.41) is 4.01. The van der Waals surface area contributed by atoms with E-state index < -0.39 is 36.3 Å². The molecule has 4 heterocycles. The molecule has 1 aliphatic heterocycles. The van der Waals surface area contributed by atoms with E-state index in [9.17, 15) is 27.6 Å². The van der Waals surface area contributed by atoms with Crippen LogP contribution in [0.4, 0.5) is 18.0 Å². The summed E-state index contributed by atoms with van der Waals surface area (Å²) in [5.74, 6) is -1.66. The highest BCUT2D eigenvalue weighted by Gasteiger charge is 2.36. The SMILES string of the molecule is Cc1c(C(=O)OCC(=O)N2CCNC2=O)sc2nc(-c3cccs3)cc(C(F)(F)F)c12. The first-order chi connectivity index (χ1) is 14.7. The molecular formula is C19H14F3N3O4S2. The molecule has 1 saturated heterocycles. The zero-order valence-electron chi connectivity index (χ0n) is 15.9. The average molecular weight is 469 g/mol. The van der Waals surface area contributed by atoms with Crippen LogP contribution in [0, 0.1) is 6.92 Å². The number of hydrogen-bond donors (Lipinski definition) is 1. The first-order valence-electron chi connectivity index (χ1n) is 8.97. The van der Waals surface area contributed by atoms with Crippen LogP contribution in [0.15, 0.2) is 23.6 Å². The highest BCUT2D eigenvalue weighted by atomic mass is 32.1. The molecule has 3 amide bonds. The topological polar surface area (TPSA) is 88.6 Å². The van der Waals surface area contributed by atoms with Crippen molar-refractivity contribution in [3.8, 4) is 10.6 Å². The van der Waals surface area contributed by atoms with E-state index >= 15 is 0 Å². The van der Waals surface area contributed by atoms with E-state index in [1.165, 1.54) is 18.3 Å². The first kappa shape index (κ1) is 21.2. The smallest absolute Gasteiger partial charge is 0.417 e. The molecule has 0 radical (unpaired) electrons. The van der Waals surface area contributed by atoms with Crippen molar-refractivity contribution >= 4 is 50.8 Å². The Balaban J connectivity index is 1.67. The monoisotopic (exact) mass is 469 g/mol. The van der Waals surface area contributed by atoms with Crippen molar-refractivity contribution in [1.29, 1.82) is 0 Å². The maximum absolute atomic E-state index is 13.8. The van der Waals surface area contributed by atoms with Gasteiger partial charge in [-0.15, -0.1) is 22.7 Å². The molecule has 0 bridgehead atoms. The predicted octanol–water partition coefficient (Wildman–Crippen LogP) is 4.06. The van der Waals surface area contributed by atoms with Crippen LogP contribution in [0.2, 0.25) is 0 Å². The predicted molar refractivity (Wildman–Crippen MR) is 108 cm³/mol. The van der Waals surface area contributed by atoms with Gasteiger partial charge in [0, 0.05) is 18.5 Å². The number of esters is 1. The number of aromatic nitrogens is 1. The van der Waals surface area contributed by atoms with Gasteiger partial charge in [0.2, 0.25) is 0 Å². The van der Waals surface area contributed by atoms with Gasteiger partial charge in [0.05, 0.1) is 16.1 Å². The summed E-state index contributed by atoms with van der Waals surface area (Å²) >= 11 is 2.03. The van der Waals surface area contributed by atoms with Gasteiger partial charge in [-0.25, -0.2) is 14.6 Å². The fraction of sp³-hybridized carbons (Fsp3) is 0.263. The van der Waals surface area contributed by atoms with Crippen LogP contribution in [0.1, 0.15) is 20.8 Å². The lowest BCUT2D eigenvalue weighted by molar-refractivity contribution is -0.136. The highest BCUT2D eigenvalue weighted by molar-refractivity contribution is 7.20. The van der Waals surface area contributed by atoms with Crippen LogP contribution in [0.3, 0.4) is 0 Å². The number of rotatable bonds is 4. The molecule has 0 saturated carbocycles. The summed E-state index contributed by atoms with van der Waals surface area (Å²) in [6, 6.07) is 3.76. The number of imide groups is 1. The standard InChI is InChI=1S/C19H14F3N3O4S2/c1-9-14-10(19(20,21)22)7-11(12-3-2-6-30-12)24-16(14)31-15(9)17(27)29-8-13(26)25-5-4-23-18(25)28/h2-3,6-7H,4-5,8H2,1H3,(H,23,28). The maximum Gasteiger partial charge on any atom is 0.417 e. The first-order valence-corrected chi connectivity index (χ1v) is 10.7. The molecule has 12 heteroatoms. The van der Waals surface area contributed by atoms with Crippen LogP contribution in [0.25, 0.3) is 20.8 Å². The van der Waals surface area contributed by atoms with Gasteiger partial charge in [-0.1, -0.05) is 6.07 Å². The minimum atomic E-state index is -4.65. The van der Waals surface area contributed by atoms with Gasteiger partial charge in [-0.05, 0) is 30.0 Å². The third-order valence-corrected chi connectivity index (χ3v) is 6.71. The maximum atomic E-state index is 13.8. The molecule has 0 aromatic carbocycles. The Labute approximate surface area is 181 Å². The van der Waals surface area contributed by atoms with E-state index in [0.29, 0.717) is 11.4 Å². The van der Waals surface area contributed by atoms with Gasteiger partial charge in [-0.3, -0.25) is 9.69 Å². The van der Waals surface area contributed by atoms with E-state index in [4.69, 9.17) is 4.74 Å². The summed E-state index contributed by atoms with van der Waals surface area (Å²) in [6.45, 7) is 1.14. The van der Waals surface area contributed by atoms with E-state index in [1.54, 1.807) is 17.5 Å². The highest BCUT2D eigenvalue weighted by Crippen LogP contribution is 2.42. The lowest BCUT2D eigenvalue weighted by atomic mass is 10.1. The van der Waals surface area contributed by atoms with Crippen LogP contribution < -0.4 is 5.32 Å². The second-order valence-electron chi connectivity index (χ2n) is 6.62. The van der Waals surface area contributed by atoms with Crippen LogP contribution in [0.5, 0.6) is 0 Å². The molecule has 4 rings (SSSR count). The number of fused-ring (bicyclic) bond motifs is 1. The van der Waals surface area contributed by atoms with Gasteiger partial charge in [0.15, 0.2) is 6.61 Å². The molecular weight excluding hydrogens is 455 g/mol. The third kappa shape index (κ3) is 4.00. The fourth-order valence-electron chi connectivity index (χ4n) is 3.19. The normalized spacial score (nSPS) is 14.2. The Morgan fingerprint density at radius 2 is 2.13 bits per heavy atom. The number of carbonyl (C=O) groups excluding carboxylic acids is 3. The number of halogens is 3. The Morgan fingerprint density at radius 1 is 1.35 bits per heavy atom. The number of nitrogens with one attached hydrogen (secondary N) is 1. The molecule has 0 atom stereocenters. The van der Waals surface area contributed by atoms with Crippen molar-refractivity contribution in [3.63, 3.8) is 0 Å². The summed E-state index contributed by atoms with van der Waals surface area (Å²) in [4.78, 5) is 41.8. The number of urea groups is 1. The van der Waals surface area contributed by atoms with Crippen molar-refractivity contribution < 1.29 is 32.3 Å². The van der Waals surface area contributed by atoms with Crippen molar-refractivity contribution in [2.45, 2.75) is 13.1 Å². The number of nitrogens with zero attached hydrogens (tertiary/aromatic N) is 2. The average Bonchev–Trinajstić information content (AvgIpc) is 3.45. The quantitative estimate of drug-likeness (QED) is 0.583. The number of amides is 3. The molecule has 1 fully saturated rings. The molecule has 1 aliphatic rings. The number of pyridine rings is 1. The molecule has 0 aliphatic carbocycles. The van der Waals surface area contributed by atoms with Crippen LogP contribution in [-0.4, -0.2) is 47.5 Å². The number of hydrogen-bond acceptors (Lipinski definition) is 7. The Kier molecular flexibility index (Phi) is 5.43. The minimum Gasteiger partial charge on any atom is -0.451 e. The van der Waals surface area contributed by atoms with Gasteiger partial charge in [-0.2, -0.15) is 13.2 Å². The van der Waals surface area contributed by atoms with Crippen LogP contribution in [-0.2, 0) is 15.7 Å². The fourth-order valence-corrected chi connectivity index (χ4v) is 4.98. The molecule has 0 spiro atoms. The second kappa shape index (κ2) is 7.93. The van der Waals surface area contributed by atoms with Crippen molar-refractivity contribution in [2.75, 3.05) is 19.7 Å². The lowest BCUT2D eigenvalue weighted by Gasteiger charge is -2.12. The number of thiophene rings is 2. The zero-order chi connectivity index (χ0) is 22.3. The van der Waals surface area contributed by atoms with E-state index in [0.717, 1.165) is 22.3 Å². The van der Waals surface area contributed by atoms with E-state index in [1.807, 2.05) is 0 Å². The zero-order valence-corrected chi connectivity index (χ0v) is 17.5. The number of carbonyl (C=O) groups is 3. The van der Waals surface area contributed by atoms with Crippen LogP contribution >= 0.6 is 22.7 Å². The van der Waals surface area contributed by atoms with Crippen molar-refractivity contribution in [3.05, 3.63) is 39.6 Å². The number of ether oxygens (including phenoxy) is 1. The number of aryl methyl sites for hydroxylation is 1.